The number of hydrogen-bond donors (Lipinski definition) is 1. The Morgan fingerprint density at radius 1 is 1.42 bits per heavy atom. The van der Waals surface area contributed by atoms with Crippen molar-refractivity contribution in [2.75, 3.05) is 33.3 Å². The molecule has 2 rings (SSSR count). The Hall–Kier alpha value is -1.62. The van der Waals surface area contributed by atoms with Crippen molar-refractivity contribution in [3.8, 4) is 5.75 Å². The molecule has 19 heavy (non-hydrogen) atoms. The molecule has 0 aromatic heterocycles. The number of carbonyl (C=O) groups is 1. The Bertz CT molecular complexity index is 443. The average Bonchev–Trinajstić information content (AvgIpc) is 2.70. The maximum Gasteiger partial charge on any atom is 0.227 e. The van der Waals surface area contributed by atoms with Gasteiger partial charge in [0.1, 0.15) is 0 Å². The molecule has 0 aliphatic carbocycles. The quantitative estimate of drug-likeness (QED) is 0.894. The van der Waals surface area contributed by atoms with Gasteiger partial charge in [-0.15, -0.1) is 0 Å². The van der Waals surface area contributed by atoms with Gasteiger partial charge in [0.2, 0.25) is 5.91 Å². The second kappa shape index (κ2) is 6.52. The number of benzene rings is 1. The lowest BCUT2D eigenvalue weighted by Crippen LogP contribution is -2.35. The van der Waals surface area contributed by atoms with Gasteiger partial charge in [0.25, 0.3) is 0 Å². The summed E-state index contributed by atoms with van der Waals surface area (Å²) in [6.07, 6.45) is 1.26. The number of methoxy groups -OCH3 is 1. The van der Waals surface area contributed by atoms with Gasteiger partial charge in [-0.1, -0.05) is 6.07 Å². The van der Waals surface area contributed by atoms with Gasteiger partial charge < -0.3 is 15.0 Å². The molecule has 1 aliphatic rings. The van der Waals surface area contributed by atoms with Crippen LogP contribution in [0.15, 0.2) is 18.2 Å². The SMILES string of the molecule is COc1cc(CC(=O)N2CCCNCC2)ccc1F. The molecule has 1 aromatic carbocycles. The predicted molar refractivity (Wildman–Crippen MR) is 70.7 cm³/mol. The molecule has 1 aromatic rings. The van der Waals surface area contributed by atoms with E-state index in [1.807, 2.05) is 4.90 Å². The van der Waals surface area contributed by atoms with E-state index < -0.39 is 5.82 Å². The maximum absolute atomic E-state index is 13.3. The smallest absolute Gasteiger partial charge is 0.227 e. The molecule has 1 aliphatic heterocycles. The van der Waals surface area contributed by atoms with Gasteiger partial charge in [-0.3, -0.25) is 4.79 Å². The van der Waals surface area contributed by atoms with E-state index in [-0.39, 0.29) is 18.1 Å². The van der Waals surface area contributed by atoms with Crippen LogP contribution in [0.25, 0.3) is 0 Å². The minimum absolute atomic E-state index is 0.0809. The van der Waals surface area contributed by atoms with Crippen molar-refractivity contribution in [1.29, 1.82) is 0 Å². The van der Waals surface area contributed by atoms with Crippen LogP contribution in [0.1, 0.15) is 12.0 Å². The van der Waals surface area contributed by atoms with E-state index in [2.05, 4.69) is 5.32 Å². The van der Waals surface area contributed by atoms with Crippen molar-refractivity contribution in [1.82, 2.24) is 10.2 Å². The van der Waals surface area contributed by atoms with Gasteiger partial charge in [0, 0.05) is 19.6 Å². The molecule has 5 heteroatoms. The molecule has 0 unspecified atom stereocenters. The van der Waals surface area contributed by atoms with Crippen molar-refractivity contribution < 1.29 is 13.9 Å². The molecule has 1 saturated heterocycles. The summed E-state index contributed by atoms with van der Waals surface area (Å²) < 4.78 is 18.2. The Morgan fingerprint density at radius 3 is 3.05 bits per heavy atom. The summed E-state index contributed by atoms with van der Waals surface area (Å²) in [7, 11) is 1.42. The van der Waals surface area contributed by atoms with Gasteiger partial charge in [0.15, 0.2) is 11.6 Å². The van der Waals surface area contributed by atoms with Crippen LogP contribution in [0.5, 0.6) is 5.75 Å². The summed E-state index contributed by atoms with van der Waals surface area (Å²) >= 11 is 0. The molecule has 0 atom stereocenters. The van der Waals surface area contributed by atoms with Crippen molar-refractivity contribution in [3.05, 3.63) is 29.6 Å². The van der Waals surface area contributed by atoms with Crippen molar-refractivity contribution in [2.45, 2.75) is 12.8 Å². The monoisotopic (exact) mass is 266 g/mol. The molecule has 1 N–H and O–H groups in total. The fourth-order valence-electron chi connectivity index (χ4n) is 2.20. The van der Waals surface area contributed by atoms with Crippen molar-refractivity contribution in [3.63, 3.8) is 0 Å². The summed E-state index contributed by atoms with van der Waals surface area (Å²) in [6, 6.07) is 4.56. The van der Waals surface area contributed by atoms with Gasteiger partial charge in [-0.05, 0) is 30.7 Å². The summed E-state index contributed by atoms with van der Waals surface area (Å²) in [4.78, 5) is 14.0. The highest BCUT2D eigenvalue weighted by atomic mass is 19.1. The first-order valence-electron chi connectivity index (χ1n) is 6.51. The molecule has 1 heterocycles. The third kappa shape index (κ3) is 3.67. The second-order valence-corrected chi connectivity index (χ2v) is 4.63. The molecule has 0 bridgehead atoms. The third-order valence-corrected chi connectivity index (χ3v) is 3.26. The number of halogens is 1. The van der Waals surface area contributed by atoms with Crippen LogP contribution in [0, 0.1) is 5.82 Å². The largest absolute Gasteiger partial charge is 0.494 e. The van der Waals surface area contributed by atoms with Crippen LogP contribution in [-0.4, -0.2) is 44.1 Å². The Kier molecular flexibility index (Phi) is 4.74. The number of nitrogens with one attached hydrogen (secondary N) is 1. The molecule has 0 saturated carbocycles. The minimum Gasteiger partial charge on any atom is -0.494 e. The summed E-state index contributed by atoms with van der Waals surface area (Å²) in [5.74, 6) is -0.141. The molecule has 104 valence electrons. The summed E-state index contributed by atoms with van der Waals surface area (Å²) in [6.45, 7) is 3.30. The molecule has 4 nitrogen and oxygen atoms in total. The molecule has 1 fully saturated rings. The molecule has 0 spiro atoms. The molecular formula is C14H19FN2O2. The standard InChI is InChI=1S/C14H19FN2O2/c1-19-13-9-11(3-4-12(13)15)10-14(18)17-7-2-5-16-6-8-17/h3-4,9,16H,2,5-8,10H2,1H3. The lowest BCUT2D eigenvalue weighted by atomic mass is 10.1. The average molecular weight is 266 g/mol. The molecule has 1 amide bonds. The number of carbonyl (C=O) groups excluding carboxylic acids is 1. The highest BCUT2D eigenvalue weighted by molar-refractivity contribution is 5.79. The van der Waals surface area contributed by atoms with E-state index >= 15 is 0 Å². The number of ether oxygens (including phenoxy) is 1. The maximum atomic E-state index is 13.3. The highest BCUT2D eigenvalue weighted by Crippen LogP contribution is 2.19. The summed E-state index contributed by atoms with van der Waals surface area (Å²) in [5, 5.41) is 3.26. The van der Waals surface area contributed by atoms with Crippen LogP contribution < -0.4 is 10.1 Å². The van der Waals surface area contributed by atoms with Crippen LogP contribution in [0.2, 0.25) is 0 Å². The van der Waals surface area contributed by atoms with E-state index in [9.17, 15) is 9.18 Å². The zero-order valence-corrected chi connectivity index (χ0v) is 11.1. The van der Waals surface area contributed by atoms with Crippen LogP contribution in [0.4, 0.5) is 4.39 Å². The lowest BCUT2D eigenvalue weighted by Gasteiger charge is -2.20. The van der Waals surface area contributed by atoms with Gasteiger partial charge in [-0.2, -0.15) is 0 Å². The van der Waals surface area contributed by atoms with E-state index in [0.29, 0.717) is 0 Å². The number of amides is 1. The zero-order chi connectivity index (χ0) is 13.7. The number of rotatable bonds is 3. The fraction of sp³-hybridized carbons (Fsp3) is 0.500. The van der Waals surface area contributed by atoms with Crippen LogP contribution >= 0.6 is 0 Å². The van der Waals surface area contributed by atoms with Gasteiger partial charge >= 0.3 is 0 Å². The number of nitrogens with zero attached hydrogens (tertiary/aromatic N) is 1. The van der Waals surface area contributed by atoms with Crippen LogP contribution in [-0.2, 0) is 11.2 Å². The minimum atomic E-state index is -0.405. The predicted octanol–water partition coefficient (Wildman–Crippen LogP) is 1.20. The van der Waals surface area contributed by atoms with E-state index in [0.717, 1.165) is 38.2 Å². The Balaban J connectivity index is 2.01. The van der Waals surface area contributed by atoms with E-state index in [1.54, 1.807) is 12.1 Å². The second-order valence-electron chi connectivity index (χ2n) is 4.63. The first-order valence-corrected chi connectivity index (χ1v) is 6.51. The molecule has 0 radical (unpaired) electrons. The van der Waals surface area contributed by atoms with E-state index in [4.69, 9.17) is 4.74 Å². The van der Waals surface area contributed by atoms with Gasteiger partial charge in [-0.25, -0.2) is 4.39 Å². The highest BCUT2D eigenvalue weighted by Gasteiger charge is 2.16. The van der Waals surface area contributed by atoms with Crippen molar-refractivity contribution in [2.24, 2.45) is 0 Å². The van der Waals surface area contributed by atoms with E-state index in [1.165, 1.54) is 13.2 Å². The topological polar surface area (TPSA) is 41.6 Å². The number of hydrogen-bond acceptors (Lipinski definition) is 3. The third-order valence-electron chi connectivity index (χ3n) is 3.26. The first kappa shape index (κ1) is 13.8. The fourth-order valence-corrected chi connectivity index (χ4v) is 2.20. The Labute approximate surface area is 112 Å². The normalized spacial score (nSPS) is 16.0. The van der Waals surface area contributed by atoms with Crippen LogP contribution in [0.3, 0.4) is 0 Å². The van der Waals surface area contributed by atoms with Crippen molar-refractivity contribution >= 4 is 5.91 Å². The molecular weight excluding hydrogens is 247 g/mol. The zero-order valence-electron chi connectivity index (χ0n) is 11.1. The summed E-state index contributed by atoms with van der Waals surface area (Å²) in [5.41, 5.74) is 0.778. The van der Waals surface area contributed by atoms with Gasteiger partial charge in [0.05, 0.1) is 13.5 Å². The Morgan fingerprint density at radius 2 is 2.26 bits per heavy atom. The lowest BCUT2D eigenvalue weighted by molar-refractivity contribution is -0.130. The first-order chi connectivity index (χ1) is 9.20.